The van der Waals surface area contributed by atoms with E-state index in [1.54, 1.807) is 45.0 Å². The zero-order valence-electron chi connectivity index (χ0n) is 20.9. The van der Waals surface area contributed by atoms with Crippen LogP contribution in [-0.4, -0.2) is 75.3 Å². The number of aromatic amines is 1. The first-order valence-electron chi connectivity index (χ1n) is 13.1. The van der Waals surface area contributed by atoms with Crippen molar-refractivity contribution < 1.29 is 18.8 Å². The standard InChI is InChI=1S/C28H28FN5O4/c29-22-10-9-18(16-21(22)28(38)33-14-12-32(13-15-33)27(37)17-7-8-17)25(34-11-3-6-23(34)35)24-19-4-1-2-5-20(19)26(36)31-30-24/h1-2,4-5,9-10,16-17,25H,3,6-8,11-15H2,(H,31,36). The van der Waals surface area contributed by atoms with E-state index in [1.807, 2.05) is 0 Å². The quantitative estimate of drug-likeness (QED) is 0.560. The molecule has 6 rings (SSSR count). The minimum absolute atomic E-state index is 0.0688. The van der Waals surface area contributed by atoms with Crippen LogP contribution < -0.4 is 5.56 Å². The van der Waals surface area contributed by atoms with Gasteiger partial charge in [0, 0.05) is 50.4 Å². The number of carbonyl (C=O) groups is 3. The molecule has 0 radical (unpaired) electrons. The van der Waals surface area contributed by atoms with Crippen molar-refractivity contribution in [2.24, 2.45) is 5.92 Å². The molecule has 3 aromatic rings. The highest BCUT2D eigenvalue weighted by molar-refractivity contribution is 5.95. The fraction of sp³-hybridized carbons (Fsp3) is 0.393. The lowest BCUT2D eigenvalue weighted by Crippen LogP contribution is -2.51. The Morgan fingerprint density at radius 3 is 2.34 bits per heavy atom. The third-order valence-corrected chi connectivity index (χ3v) is 7.75. The molecule has 0 spiro atoms. The van der Waals surface area contributed by atoms with Crippen molar-refractivity contribution in [3.8, 4) is 0 Å². The largest absolute Gasteiger partial charge is 0.339 e. The zero-order valence-corrected chi connectivity index (χ0v) is 20.9. The molecule has 3 heterocycles. The van der Waals surface area contributed by atoms with Gasteiger partial charge < -0.3 is 14.7 Å². The van der Waals surface area contributed by atoms with Crippen LogP contribution in [0.3, 0.4) is 0 Å². The van der Waals surface area contributed by atoms with Gasteiger partial charge in [-0.3, -0.25) is 19.2 Å². The van der Waals surface area contributed by atoms with Gasteiger partial charge in [-0.1, -0.05) is 24.3 Å². The number of halogens is 1. The molecule has 3 fully saturated rings. The topological polar surface area (TPSA) is 107 Å². The van der Waals surface area contributed by atoms with Crippen LogP contribution in [0.5, 0.6) is 0 Å². The number of rotatable bonds is 5. The molecule has 0 bridgehead atoms. The summed E-state index contributed by atoms with van der Waals surface area (Å²) in [6.45, 7) is 2.01. The Morgan fingerprint density at radius 1 is 0.947 bits per heavy atom. The summed E-state index contributed by atoms with van der Waals surface area (Å²) in [5.74, 6) is -0.909. The predicted octanol–water partition coefficient (Wildman–Crippen LogP) is 2.47. The number of H-pyrrole nitrogens is 1. The van der Waals surface area contributed by atoms with Gasteiger partial charge in [0.25, 0.3) is 11.5 Å². The van der Waals surface area contributed by atoms with Crippen LogP contribution in [0.25, 0.3) is 10.8 Å². The number of hydrogen-bond acceptors (Lipinski definition) is 5. The smallest absolute Gasteiger partial charge is 0.272 e. The summed E-state index contributed by atoms with van der Waals surface area (Å²) in [4.78, 5) is 56.2. The average molecular weight is 518 g/mol. The van der Waals surface area contributed by atoms with E-state index < -0.39 is 17.8 Å². The van der Waals surface area contributed by atoms with Crippen LogP contribution in [-0.2, 0) is 9.59 Å². The van der Waals surface area contributed by atoms with E-state index >= 15 is 4.39 Å². The maximum absolute atomic E-state index is 15.1. The van der Waals surface area contributed by atoms with Crippen LogP contribution in [0.4, 0.5) is 4.39 Å². The first-order valence-corrected chi connectivity index (χ1v) is 13.1. The maximum atomic E-state index is 15.1. The maximum Gasteiger partial charge on any atom is 0.272 e. The van der Waals surface area contributed by atoms with E-state index in [9.17, 15) is 19.2 Å². The molecular formula is C28H28FN5O4. The monoisotopic (exact) mass is 517 g/mol. The molecule has 1 aliphatic carbocycles. The van der Waals surface area contributed by atoms with Crippen molar-refractivity contribution >= 4 is 28.5 Å². The van der Waals surface area contributed by atoms with Gasteiger partial charge in [-0.25, -0.2) is 9.49 Å². The van der Waals surface area contributed by atoms with Gasteiger partial charge in [0.15, 0.2) is 0 Å². The molecule has 9 nitrogen and oxygen atoms in total. The second kappa shape index (κ2) is 9.66. The summed E-state index contributed by atoms with van der Waals surface area (Å²) in [6, 6.07) is 10.6. The summed E-state index contributed by atoms with van der Waals surface area (Å²) in [6.07, 6.45) is 2.91. The number of carbonyl (C=O) groups excluding carboxylic acids is 3. The summed E-state index contributed by atoms with van der Waals surface area (Å²) in [7, 11) is 0. The summed E-state index contributed by atoms with van der Waals surface area (Å²) in [5, 5.41) is 7.90. The van der Waals surface area contributed by atoms with Gasteiger partial charge in [0.1, 0.15) is 11.9 Å². The van der Waals surface area contributed by atoms with Gasteiger partial charge in [0.05, 0.1) is 16.6 Å². The number of aromatic nitrogens is 2. The number of nitrogens with one attached hydrogen (secondary N) is 1. The molecule has 3 aliphatic rings. The van der Waals surface area contributed by atoms with E-state index in [0.29, 0.717) is 67.6 Å². The van der Waals surface area contributed by atoms with E-state index in [1.165, 1.54) is 12.1 Å². The lowest BCUT2D eigenvalue weighted by Gasteiger charge is -2.35. The molecular weight excluding hydrogens is 489 g/mol. The highest BCUT2D eigenvalue weighted by Gasteiger charge is 2.36. The molecule has 1 atom stereocenters. The molecule has 2 saturated heterocycles. The molecule has 2 aliphatic heterocycles. The highest BCUT2D eigenvalue weighted by Crippen LogP contribution is 2.35. The Bertz CT molecular complexity index is 1490. The van der Waals surface area contributed by atoms with Crippen LogP contribution >= 0.6 is 0 Å². The second-order valence-electron chi connectivity index (χ2n) is 10.2. The molecule has 1 N–H and O–H groups in total. The number of amides is 3. The average Bonchev–Trinajstić information content (AvgIpc) is 3.71. The van der Waals surface area contributed by atoms with E-state index in [4.69, 9.17) is 0 Å². The number of nitrogens with zero attached hydrogens (tertiary/aromatic N) is 4. The predicted molar refractivity (Wildman–Crippen MR) is 137 cm³/mol. The van der Waals surface area contributed by atoms with E-state index in [-0.39, 0.29) is 28.9 Å². The van der Waals surface area contributed by atoms with Crippen molar-refractivity contribution in [1.82, 2.24) is 24.9 Å². The summed E-state index contributed by atoms with van der Waals surface area (Å²) < 4.78 is 15.1. The molecule has 2 aromatic carbocycles. The number of fused-ring (bicyclic) bond motifs is 1. The van der Waals surface area contributed by atoms with Crippen LogP contribution in [0.1, 0.15) is 53.3 Å². The van der Waals surface area contributed by atoms with Gasteiger partial charge in [-0.05, 0) is 43.0 Å². The van der Waals surface area contributed by atoms with Gasteiger partial charge in [-0.2, -0.15) is 5.10 Å². The van der Waals surface area contributed by atoms with E-state index in [2.05, 4.69) is 10.2 Å². The molecule has 3 amide bonds. The van der Waals surface area contributed by atoms with Gasteiger partial charge in [-0.15, -0.1) is 0 Å². The minimum atomic E-state index is -0.702. The Labute approximate surface area is 218 Å². The third-order valence-electron chi connectivity index (χ3n) is 7.75. The van der Waals surface area contributed by atoms with E-state index in [0.717, 1.165) is 12.8 Å². The molecule has 196 valence electrons. The molecule has 10 heteroatoms. The molecule has 1 saturated carbocycles. The SMILES string of the molecule is O=C(c1cc(C(c2n[nH]c(=O)c3ccccc23)N2CCCC2=O)ccc1F)N1CCN(C(=O)C2CC2)CC1. The fourth-order valence-corrected chi connectivity index (χ4v) is 5.54. The van der Waals surface area contributed by atoms with Crippen molar-refractivity contribution in [2.45, 2.75) is 31.7 Å². The zero-order chi connectivity index (χ0) is 26.4. The first-order chi connectivity index (χ1) is 18.4. The number of piperazine rings is 1. The van der Waals surface area contributed by atoms with Gasteiger partial charge in [0.2, 0.25) is 11.8 Å². The van der Waals surface area contributed by atoms with Crippen LogP contribution in [0, 0.1) is 11.7 Å². The Kier molecular flexibility index (Phi) is 6.17. The van der Waals surface area contributed by atoms with Gasteiger partial charge >= 0.3 is 0 Å². The molecule has 38 heavy (non-hydrogen) atoms. The number of hydrogen-bond donors (Lipinski definition) is 1. The lowest BCUT2D eigenvalue weighted by atomic mass is 9.95. The van der Waals surface area contributed by atoms with Crippen LogP contribution in [0.15, 0.2) is 47.3 Å². The Hall–Kier alpha value is -4.08. The number of likely N-dealkylation sites (tertiary alicyclic amines) is 1. The first kappa shape index (κ1) is 24.3. The van der Waals surface area contributed by atoms with Crippen molar-refractivity contribution in [3.05, 3.63) is 75.5 Å². The third kappa shape index (κ3) is 4.33. The minimum Gasteiger partial charge on any atom is -0.339 e. The van der Waals surface area contributed by atoms with Crippen molar-refractivity contribution in [3.63, 3.8) is 0 Å². The van der Waals surface area contributed by atoms with Crippen LogP contribution in [0.2, 0.25) is 0 Å². The fourth-order valence-electron chi connectivity index (χ4n) is 5.54. The molecule has 1 unspecified atom stereocenters. The Morgan fingerprint density at radius 2 is 1.66 bits per heavy atom. The second-order valence-corrected chi connectivity index (χ2v) is 10.2. The normalized spacial score (nSPS) is 18.8. The highest BCUT2D eigenvalue weighted by atomic mass is 19.1. The summed E-state index contributed by atoms with van der Waals surface area (Å²) in [5.41, 5.74) is 0.574. The Balaban J connectivity index is 1.35. The number of benzene rings is 2. The summed E-state index contributed by atoms with van der Waals surface area (Å²) >= 11 is 0. The van der Waals surface area contributed by atoms with Crippen molar-refractivity contribution in [2.75, 3.05) is 32.7 Å². The lowest BCUT2D eigenvalue weighted by molar-refractivity contribution is -0.134. The molecule has 1 aromatic heterocycles. The van der Waals surface area contributed by atoms with Crippen molar-refractivity contribution in [1.29, 1.82) is 0 Å².